The lowest BCUT2D eigenvalue weighted by Crippen LogP contribution is -2.57. The number of ether oxygens (including phenoxy) is 3. The van der Waals surface area contributed by atoms with Crippen LogP contribution in [-0.2, 0) is 20.9 Å². The van der Waals surface area contributed by atoms with Gasteiger partial charge in [0.2, 0.25) is 12.7 Å². The molecular weight excluding hydrogens is 488 g/mol. The minimum Gasteiger partial charge on any atom is -0.482 e. The Hall–Kier alpha value is -3.00. The number of rotatable bonds is 5. The highest BCUT2D eigenvalue weighted by atomic mass is 79.9. The molecule has 1 aliphatic carbocycles. The lowest BCUT2D eigenvalue weighted by molar-refractivity contribution is -0.151. The molecule has 2 heterocycles. The average Bonchev–Trinajstić information content (AvgIpc) is 3.30. The topological polar surface area (TPSA) is 77.1 Å². The predicted octanol–water partition coefficient (Wildman–Crippen LogP) is 4.01. The fourth-order valence-corrected chi connectivity index (χ4v) is 4.96. The summed E-state index contributed by atoms with van der Waals surface area (Å²) in [6, 6.07) is 13.2. The van der Waals surface area contributed by atoms with Gasteiger partial charge in [-0.25, -0.2) is 0 Å². The fourth-order valence-electron chi connectivity index (χ4n) is 4.56. The van der Waals surface area contributed by atoms with Crippen molar-refractivity contribution in [2.24, 2.45) is 0 Å². The number of amides is 2. The average molecular weight is 513 g/mol. The molecule has 2 aliphatic heterocycles. The summed E-state index contributed by atoms with van der Waals surface area (Å²) < 4.78 is 17.7. The lowest BCUT2D eigenvalue weighted by Gasteiger charge is -2.44. The summed E-state index contributed by atoms with van der Waals surface area (Å²) in [7, 11) is 0. The molecular formula is C25H25BrN2O5. The Kier molecular flexibility index (Phi) is 6.26. The van der Waals surface area contributed by atoms with Gasteiger partial charge < -0.3 is 24.4 Å². The van der Waals surface area contributed by atoms with Crippen LogP contribution in [0.15, 0.2) is 52.7 Å². The molecule has 0 aromatic heterocycles. The summed E-state index contributed by atoms with van der Waals surface area (Å²) in [5, 5.41) is 2.93. The molecule has 33 heavy (non-hydrogen) atoms. The molecule has 3 aliphatic rings. The van der Waals surface area contributed by atoms with Crippen LogP contribution < -0.4 is 14.8 Å². The van der Waals surface area contributed by atoms with Crippen LogP contribution >= 0.6 is 15.9 Å². The highest BCUT2D eigenvalue weighted by Crippen LogP contribution is 2.34. The zero-order chi connectivity index (χ0) is 22.8. The van der Waals surface area contributed by atoms with Crippen LogP contribution in [0.3, 0.4) is 0 Å². The van der Waals surface area contributed by atoms with Crippen molar-refractivity contribution in [1.82, 2.24) is 10.2 Å². The van der Waals surface area contributed by atoms with Gasteiger partial charge in [-0.3, -0.25) is 9.59 Å². The quantitative estimate of drug-likeness (QED) is 0.612. The van der Waals surface area contributed by atoms with Gasteiger partial charge in [0.05, 0.1) is 6.04 Å². The van der Waals surface area contributed by atoms with Crippen molar-refractivity contribution in [3.63, 3.8) is 0 Å². The number of fused-ring (bicyclic) bond motifs is 2. The number of benzene rings is 2. The van der Waals surface area contributed by atoms with Gasteiger partial charge >= 0.3 is 0 Å². The molecule has 5 rings (SSSR count). The van der Waals surface area contributed by atoms with Gasteiger partial charge in [0.15, 0.2) is 17.3 Å². The van der Waals surface area contributed by atoms with Crippen LogP contribution in [0.1, 0.15) is 36.8 Å². The summed E-state index contributed by atoms with van der Waals surface area (Å²) in [5.41, 5.74) is 1.77. The van der Waals surface area contributed by atoms with Crippen LogP contribution in [-0.4, -0.2) is 42.2 Å². The molecule has 2 atom stereocenters. The summed E-state index contributed by atoms with van der Waals surface area (Å²) in [6.07, 6.45) is 5.47. The number of hydrogen-bond donors (Lipinski definition) is 1. The van der Waals surface area contributed by atoms with Crippen LogP contribution in [0.25, 0.3) is 6.08 Å². The van der Waals surface area contributed by atoms with E-state index in [2.05, 4.69) is 21.2 Å². The standard InChI is InChI=1S/C25H25BrN2O5/c26-18-6-2-1-5-17(18)12-23-25(30)28(19-7-3-4-8-20(19)33-23)14-24(29)27-13-16-9-10-21-22(11-16)32-15-31-21/h1-2,5-6,9-12,19-20H,3-4,7-8,13-15H2,(H,27,29)/b23-12+. The van der Waals surface area contributed by atoms with Crippen LogP contribution in [0.2, 0.25) is 0 Å². The van der Waals surface area contributed by atoms with Crippen molar-refractivity contribution in [2.75, 3.05) is 13.3 Å². The second kappa shape index (κ2) is 9.47. The van der Waals surface area contributed by atoms with Crippen molar-refractivity contribution >= 4 is 33.8 Å². The third-order valence-corrected chi connectivity index (χ3v) is 6.97. The molecule has 2 aromatic carbocycles. The van der Waals surface area contributed by atoms with Gasteiger partial charge in [-0.2, -0.15) is 0 Å². The van der Waals surface area contributed by atoms with E-state index in [0.717, 1.165) is 41.3 Å². The first-order valence-electron chi connectivity index (χ1n) is 11.2. The van der Waals surface area contributed by atoms with E-state index >= 15 is 0 Å². The zero-order valence-corrected chi connectivity index (χ0v) is 19.7. The number of hydrogen-bond acceptors (Lipinski definition) is 5. The maximum Gasteiger partial charge on any atom is 0.289 e. The van der Waals surface area contributed by atoms with Crippen molar-refractivity contribution in [3.8, 4) is 11.5 Å². The smallest absolute Gasteiger partial charge is 0.289 e. The predicted molar refractivity (Wildman–Crippen MR) is 125 cm³/mol. The Morgan fingerprint density at radius 2 is 1.94 bits per heavy atom. The number of carbonyl (C=O) groups is 2. The summed E-state index contributed by atoms with van der Waals surface area (Å²) >= 11 is 3.52. The Bertz CT molecular complexity index is 1100. The van der Waals surface area contributed by atoms with E-state index in [1.165, 1.54) is 0 Å². The van der Waals surface area contributed by atoms with Gasteiger partial charge in [-0.1, -0.05) is 46.6 Å². The first kappa shape index (κ1) is 21.8. The molecule has 2 unspecified atom stereocenters. The third-order valence-electron chi connectivity index (χ3n) is 6.25. The molecule has 0 spiro atoms. The molecule has 8 heteroatoms. The molecule has 172 valence electrons. The number of halogens is 1. The molecule has 0 bridgehead atoms. The first-order chi connectivity index (χ1) is 16.1. The largest absolute Gasteiger partial charge is 0.482 e. The Morgan fingerprint density at radius 3 is 2.82 bits per heavy atom. The molecule has 7 nitrogen and oxygen atoms in total. The molecule has 2 fully saturated rings. The second-order valence-corrected chi connectivity index (χ2v) is 9.29. The maximum absolute atomic E-state index is 13.3. The summed E-state index contributed by atoms with van der Waals surface area (Å²) in [6.45, 7) is 0.561. The van der Waals surface area contributed by atoms with Crippen molar-refractivity contribution in [3.05, 3.63) is 63.8 Å². The number of carbonyl (C=O) groups excluding carboxylic acids is 2. The number of nitrogens with zero attached hydrogens (tertiary/aromatic N) is 1. The molecule has 1 saturated carbocycles. The fraction of sp³-hybridized carbons (Fsp3) is 0.360. The van der Waals surface area contributed by atoms with E-state index in [4.69, 9.17) is 14.2 Å². The van der Waals surface area contributed by atoms with Gasteiger partial charge in [-0.05, 0) is 54.7 Å². The van der Waals surface area contributed by atoms with E-state index in [1.807, 2.05) is 42.5 Å². The van der Waals surface area contributed by atoms with E-state index in [-0.39, 0.29) is 43.1 Å². The number of morpholine rings is 1. The Labute approximate surface area is 200 Å². The second-order valence-electron chi connectivity index (χ2n) is 8.44. The summed E-state index contributed by atoms with van der Waals surface area (Å²) in [4.78, 5) is 27.9. The maximum atomic E-state index is 13.3. The van der Waals surface area contributed by atoms with Crippen LogP contribution in [0.4, 0.5) is 0 Å². The molecule has 2 aromatic rings. The van der Waals surface area contributed by atoms with E-state index in [9.17, 15) is 9.59 Å². The van der Waals surface area contributed by atoms with Gasteiger partial charge in [0.25, 0.3) is 5.91 Å². The Balaban J connectivity index is 1.30. The zero-order valence-electron chi connectivity index (χ0n) is 18.1. The molecule has 1 N–H and O–H groups in total. The van der Waals surface area contributed by atoms with Gasteiger partial charge in [0.1, 0.15) is 12.6 Å². The van der Waals surface area contributed by atoms with Gasteiger partial charge in [-0.15, -0.1) is 0 Å². The van der Waals surface area contributed by atoms with Crippen LogP contribution in [0.5, 0.6) is 11.5 Å². The third kappa shape index (κ3) is 4.71. The molecule has 0 radical (unpaired) electrons. The van der Waals surface area contributed by atoms with E-state index in [1.54, 1.807) is 11.0 Å². The molecule has 2 amide bonds. The minimum absolute atomic E-state index is 0.00120. The minimum atomic E-state index is -0.243. The van der Waals surface area contributed by atoms with Crippen molar-refractivity contribution in [1.29, 1.82) is 0 Å². The van der Waals surface area contributed by atoms with Crippen LogP contribution in [0, 0.1) is 0 Å². The first-order valence-corrected chi connectivity index (χ1v) is 12.0. The number of nitrogens with one attached hydrogen (secondary N) is 1. The van der Waals surface area contributed by atoms with Crippen molar-refractivity contribution < 1.29 is 23.8 Å². The molecule has 1 saturated heterocycles. The Morgan fingerprint density at radius 1 is 1.12 bits per heavy atom. The van der Waals surface area contributed by atoms with Gasteiger partial charge in [0, 0.05) is 11.0 Å². The van der Waals surface area contributed by atoms with E-state index in [0.29, 0.717) is 18.0 Å². The van der Waals surface area contributed by atoms with E-state index < -0.39 is 0 Å². The normalized spacial score (nSPS) is 22.6. The highest BCUT2D eigenvalue weighted by Gasteiger charge is 2.42. The summed E-state index contributed by atoms with van der Waals surface area (Å²) in [5.74, 6) is 1.22. The highest BCUT2D eigenvalue weighted by molar-refractivity contribution is 9.10. The van der Waals surface area contributed by atoms with Crippen molar-refractivity contribution in [2.45, 2.75) is 44.4 Å². The monoisotopic (exact) mass is 512 g/mol. The SMILES string of the molecule is O=C(CN1C(=O)/C(=C\c2ccccc2Br)OC2CCCCC21)NCc1ccc2c(c1)OCO2. The lowest BCUT2D eigenvalue weighted by atomic mass is 9.89.